The fourth-order valence-corrected chi connectivity index (χ4v) is 1.81. The lowest BCUT2D eigenvalue weighted by Crippen LogP contribution is -2.24. The van der Waals surface area contributed by atoms with Gasteiger partial charge in [-0.2, -0.15) is 0 Å². The molecule has 0 aliphatic carbocycles. The second kappa shape index (κ2) is 5.10. The smallest absolute Gasteiger partial charge is 0.253 e. The molecule has 0 radical (unpaired) electrons. The standard InChI is InChI=1S/C12H13ClN4O/c1-17-5-4-15-11(17)7-16-12(18)9-3-2-8(14)6-10(9)13/h2-6H,7,14H2,1H3,(H,16,18). The van der Waals surface area contributed by atoms with Gasteiger partial charge in [0.1, 0.15) is 5.82 Å². The van der Waals surface area contributed by atoms with Crippen LogP contribution in [-0.2, 0) is 13.6 Å². The number of hydrogen-bond donors (Lipinski definition) is 2. The van der Waals surface area contributed by atoms with E-state index in [0.29, 0.717) is 22.8 Å². The molecule has 0 bridgehead atoms. The van der Waals surface area contributed by atoms with Crippen molar-refractivity contribution in [2.75, 3.05) is 5.73 Å². The Kier molecular flexibility index (Phi) is 3.53. The predicted octanol–water partition coefficient (Wildman–Crippen LogP) is 1.59. The summed E-state index contributed by atoms with van der Waals surface area (Å²) in [5, 5.41) is 3.10. The van der Waals surface area contributed by atoms with Crippen molar-refractivity contribution in [3.05, 3.63) is 47.0 Å². The van der Waals surface area contributed by atoms with E-state index < -0.39 is 0 Å². The van der Waals surface area contributed by atoms with E-state index in [0.717, 1.165) is 5.82 Å². The average Bonchev–Trinajstić information content (AvgIpc) is 2.72. The Hall–Kier alpha value is -2.01. The maximum atomic E-state index is 11.9. The van der Waals surface area contributed by atoms with Crippen molar-refractivity contribution >= 4 is 23.2 Å². The van der Waals surface area contributed by atoms with Gasteiger partial charge in [0, 0.05) is 25.1 Å². The number of aromatic nitrogens is 2. The Morgan fingerprint density at radius 1 is 1.56 bits per heavy atom. The summed E-state index contributed by atoms with van der Waals surface area (Å²) >= 11 is 5.95. The molecule has 1 amide bonds. The van der Waals surface area contributed by atoms with Gasteiger partial charge in [0.15, 0.2) is 0 Å². The topological polar surface area (TPSA) is 72.9 Å². The monoisotopic (exact) mass is 264 g/mol. The van der Waals surface area contributed by atoms with E-state index in [1.807, 2.05) is 17.8 Å². The Morgan fingerprint density at radius 2 is 2.33 bits per heavy atom. The number of nitrogens with one attached hydrogen (secondary N) is 1. The Balaban J connectivity index is 2.06. The molecule has 0 fully saturated rings. The van der Waals surface area contributed by atoms with Gasteiger partial charge in [0.25, 0.3) is 5.91 Å². The van der Waals surface area contributed by atoms with Gasteiger partial charge in [-0.1, -0.05) is 11.6 Å². The molecule has 18 heavy (non-hydrogen) atoms. The zero-order chi connectivity index (χ0) is 13.1. The van der Waals surface area contributed by atoms with Crippen LogP contribution in [0.4, 0.5) is 5.69 Å². The van der Waals surface area contributed by atoms with Crippen LogP contribution < -0.4 is 11.1 Å². The Labute approximate surface area is 110 Å². The first-order valence-corrected chi connectivity index (χ1v) is 5.75. The summed E-state index contributed by atoms with van der Waals surface area (Å²) in [4.78, 5) is 16.0. The first-order chi connectivity index (χ1) is 8.58. The second-order valence-electron chi connectivity index (χ2n) is 3.88. The number of anilines is 1. The number of nitrogen functional groups attached to an aromatic ring is 1. The quantitative estimate of drug-likeness (QED) is 0.827. The number of benzene rings is 1. The lowest BCUT2D eigenvalue weighted by Gasteiger charge is -2.07. The van der Waals surface area contributed by atoms with E-state index in [-0.39, 0.29) is 5.91 Å². The van der Waals surface area contributed by atoms with Crippen LogP contribution in [0, 0.1) is 0 Å². The summed E-state index contributed by atoms with van der Waals surface area (Å²) in [6, 6.07) is 4.80. The molecule has 1 aromatic carbocycles. The summed E-state index contributed by atoms with van der Waals surface area (Å²) in [6.07, 6.45) is 3.50. The van der Waals surface area contributed by atoms with E-state index in [4.69, 9.17) is 17.3 Å². The minimum absolute atomic E-state index is 0.247. The summed E-state index contributed by atoms with van der Waals surface area (Å²) in [6.45, 7) is 0.350. The summed E-state index contributed by atoms with van der Waals surface area (Å²) in [7, 11) is 1.87. The van der Waals surface area contributed by atoms with Gasteiger partial charge in [-0.25, -0.2) is 4.98 Å². The summed E-state index contributed by atoms with van der Waals surface area (Å²) in [5.74, 6) is 0.526. The van der Waals surface area contributed by atoms with E-state index in [1.165, 1.54) is 0 Å². The molecule has 0 spiro atoms. The number of rotatable bonds is 3. The minimum Gasteiger partial charge on any atom is -0.399 e. The van der Waals surface area contributed by atoms with Gasteiger partial charge < -0.3 is 15.6 Å². The number of halogens is 1. The van der Waals surface area contributed by atoms with Gasteiger partial charge in [-0.3, -0.25) is 4.79 Å². The molecule has 0 saturated carbocycles. The SMILES string of the molecule is Cn1ccnc1CNC(=O)c1ccc(N)cc1Cl. The molecule has 0 aliphatic rings. The number of amides is 1. The van der Waals surface area contributed by atoms with Crippen molar-refractivity contribution < 1.29 is 4.79 Å². The van der Waals surface area contributed by atoms with Crippen molar-refractivity contribution in [1.82, 2.24) is 14.9 Å². The van der Waals surface area contributed by atoms with Crippen molar-refractivity contribution in [1.29, 1.82) is 0 Å². The number of nitrogens with zero attached hydrogens (tertiary/aromatic N) is 2. The van der Waals surface area contributed by atoms with Crippen molar-refractivity contribution in [3.8, 4) is 0 Å². The number of hydrogen-bond acceptors (Lipinski definition) is 3. The van der Waals surface area contributed by atoms with Gasteiger partial charge in [-0.15, -0.1) is 0 Å². The van der Waals surface area contributed by atoms with Crippen molar-refractivity contribution in [3.63, 3.8) is 0 Å². The fourth-order valence-electron chi connectivity index (χ4n) is 1.54. The number of imidazole rings is 1. The summed E-state index contributed by atoms with van der Waals surface area (Å²) < 4.78 is 1.84. The maximum Gasteiger partial charge on any atom is 0.253 e. The third kappa shape index (κ3) is 2.62. The molecule has 94 valence electrons. The Bertz CT molecular complexity index is 579. The van der Waals surface area contributed by atoms with E-state index in [2.05, 4.69) is 10.3 Å². The van der Waals surface area contributed by atoms with Crippen molar-refractivity contribution in [2.24, 2.45) is 7.05 Å². The highest BCUT2D eigenvalue weighted by Crippen LogP contribution is 2.18. The molecule has 0 unspecified atom stereocenters. The molecular formula is C12H13ClN4O. The van der Waals surface area contributed by atoms with Crippen LogP contribution in [0.15, 0.2) is 30.6 Å². The van der Waals surface area contributed by atoms with E-state index in [1.54, 1.807) is 24.4 Å². The molecule has 5 nitrogen and oxygen atoms in total. The molecule has 6 heteroatoms. The molecule has 2 aromatic rings. The normalized spacial score (nSPS) is 10.3. The summed E-state index contributed by atoms with van der Waals surface area (Å²) in [5.41, 5.74) is 6.50. The van der Waals surface area contributed by atoms with Gasteiger partial charge in [-0.05, 0) is 18.2 Å². The van der Waals surface area contributed by atoms with Crippen LogP contribution in [0.1, 0.15) is 16.2 Å². The van der Waals surface area contributed by atoms with Crippen LogP contribution in [0.2, 0.25) is 5.02 Å². The Morgan fingerprint density at radius 3 is 2.94 bits per heavy atom. The zero-order valence-electron chi connectivity index (χ0n) is 9.85. The first-order valence-electron chi connectivity index (χ1n) is 5.37. The molecular weight excluding hydrogens is 252 g/mol. The highest BCUT2D eigenvalue weighted by molar-refractivity contribution is 6.34. The van der Waals surface area contributed by atoms with Crippen LogP contribution in [0.25, 0.3) is 0 Å². The fraction of sp³-hybridized carbons (Fsp3) is 0.167. The molecule has 3 N–H and O–H groups in total. The van der Waals surface area contributed by atoms with E-state index in [9.17, 15) is 4.79 Å². The van der Waals surface area contributed by atoms with Gasteiger partial charge in [0.2, 0.25) is 0 Å². The highest BCUT2D eigenvalue weighted by Gasteiger charge is 2.10. The third-order valence-electron chi connectivity index (χ3n) is 2.57. The van der Waals surface area contributed by atoms with Crippen LogP contribution in [0.5, 0.6) is 0 Å². The molecule has 1 heterocycles. The predicted molar refractivity (Wildman–Crippen MR) is 70.2 cm³/mol. The average molecular weight is 265 g/mol. The molecule has 0 atom stereocenters. The first kappa shape index (κ1) is 12.4. The minimum atomic E-state index is -0.247. The number of aryl methyl sites for hydroxylation is 1. The van der Waals surface area contributed by atoms with Gasteiger partial charge >= 0.3 is 0 Å². The van der Waals surface area contributed by atoms with Crippen molar-refractivity contribution in [2.45, 2.75) is 6.54 Å². The lowest BCUT2D eigenvalue weighted by molar-refractivity contribution is 0.0950. The van der Waals surface area contributed by atoms with Gasteiger partial charge in [0.05, 0.1) is 17.1 Å². The molecule has 0 saturated heterocycles. The largest absolute Gasteiger partial charge is 0.399 e. The second-order valence-corrected chi connectivity index (χ2v) is 4.28. The maximum absolute atomic E-state index is 11.9. The highest BCUT2D eigenvalue weighted by atomic mass is 35.5. The lowest BCUT2D eigenvalue weighted by atomic mass is 10.2. The number of carbonyl (C=O) groups excluding carboxylic acids is 1. The number of nitrogens with two attached hydrogens (primary N) is 1. The molecule has 0 aliphatic heterocycles. The number of carbonyl (C=O) groups is 1. The molecule has 1 aromatic heterocycles. The third-order valence-corrected chi connectivity index (χ3v) is 2.88. The van der Waals surface area contributed by atoms with E-state index >= 15 is 0 Å². The molecule has 2 rings (SSSR count). The van der Waals surface area contributed by atoms with Crippen LogP contribution >= 0.6 is 11.6 Å². The van der Waals surface area contributed by atoms with Crippen LogP contribution in [0.3, 0.4) is 0 Å². The van der Waals surface area contributed by atoms with Crippen LogP contribution in [-0.4, -0.2) is 15.5 Å². The zero-order valence-corrected chi connectivity index (χ0v) is 10.6.